The van der Waals surface area contributed by atoms with Crippen molar-refractivity contribution in [2.24, 2.45) is 0 Å². The van der Waals surface area contributed by atoms with Crippen molar-refractivity contribution in [1.82, 2.24) is 5.32 Å². The van der Waals surface area contributed by atoms with Gasteiger partial charge >= 0.3 is 0 Å². The van der Waals surface area contributed by atoms with Crippen LogP contribution in [0.25, 0.3) is 0 Å². The van der Waals surface area contributed by atoms with Crippen molar-refractivity contribution < 1.29 is 0 Å². The first-order valence-electron chi connectivity index (χ1n) is 7.43. The van der Waals surface area contributed by atoms with Crippen LogP contribution in [0.5, 0.6) is 0 Å². The van der Waals surface area contributed by atoms with Gasteiger partial charge in [-0.1, -0.05) is 48.5 Å². The third-order valence-electron chi connectivity index (χ3n) is 3.95. The average Bonchev–Trinajstić information content (AvgIpc) is 2.42. The van der Waals surface area contributed by atoms with Gasteiger partial charge in [-0.15, -0.1) is 0 Å². The zero-order chi connectivity index (χ0) is 14.5. The number of hydrogen-bond donors (Lipinski definition) is 1. The van der Waals surface area contributed by atoms with Crippen LogP contribution in [0.2, 0.25) is 0 Å². The SMILES string of the molecule is Cc1ccc(C(C)NC(C)Cc2ccccc2)cc1C. The van der Waals surface area contributed by atoms with E-state index in [1.54, 1.807) is 0 Å². The summed E-state index contributed by atoms with van der Waals surface area (Å²) in [5.74, 6) is 0. The van der Waals surface area contributed by atoms with Gasteiger partial charge in [0.15, 0.2) is 0 Å². The zero-order valence-corrected chi connectivity index (χ0v) is 13.0. The minimum Gasteiger partial charge on any atom is -0.307 e. The van der Waals surface area contributed by atoms with Crippen molar-refractivity contribution in [3.8, 4) is 0 Å². The lowest BCUT2D eigenvalue weighted by Crippen LogP contribution is -2.30. The molecule has 1 nitrogen and oxygen atoms in total. The van der Waals surface area contributed by atoms with Crippen LogP contribution in [0.15, 0.2) is 48.5 Å². The minimum absolute atomic E-state index is 0.382. The summed E-state index contributed by atoms with van der Waals surface area (Å²) in [5, 5.41) is 3.69. The minimum atomic E-state index is 0.382. The molecular weight excluding hydrogens is 242 g/mol. The van der Waals surface area contributed by atoms with E-state index >= 15 is 0 Å². The number of hydrogen-bond acceptors (Lipinski definition) is 1. The largest absolute Gasteiger partial charge is 0.307 e. The van der Waals surface area contributed by atoms with Gasteiger partial charge in [0.25, 0.3) is 0 Å². The molecule has 0 aliphatic carbocycles. The summed E-state index contributed by atoms with van der Waals surface area (Å²) in [6.45, 7) is 8.84. The second kappa shape index (κ2) is 6.71. The molecule has 1 heteroatoms. The summed E-state index contributed by atoms with van der Waals surface area (Å²) in [7, 11) is 0. The monoisotopic (exact) mass is 267 g/mol. The van der Waals surface area contributed by atoms with E-state index in [4.69, 9.17) is 0 Å². The first-order valence-corrected chi connectivity index (χ1v) is 7.43. The molecular formula is C19H25N. The second-order valence-corrected chi connectivity index (χ2v) is 5.82. The van der Waals surface area contributed by atoms with Crippen molar-refractivity contribution in [2.45, 2.75) is 46.2 Å². The maximum atomic E-state index is 3.69. The Hall–Kier alpha value is -1.60. The Morgan fingerprint density at radius 2 is 1.60 bits per heavy atom. The molecule has 0 amide bonds. The topological polar surface area (TPSA) is 12.0 Å². The summed E-state index contributed by atoms with van der Waals surface area (Å²) in [5.41, 5.74) is 5.48. The fourth-order valence-electron chi connectivity index (χ4n) is 2.58. The number of nitrogens with one attached hydrogen (secondary N) is 1. The van der Waals surface area contributed by atoms with Gasteiger partial charge in [-0.2, -0.15) is 0 Å². The molecule has 0 spiro atoms. The molecule has 2 rings (SSSR count). The van der Waals surface area contributed by atoms with Crippen LogP contribution in [-0.4, -0.2) is 6.04 Å². The Balaban J connectivity index is 1.96. The van der Waals surface area contributed by atoms with E-state index in [-0.39, 0.29) is 0 Å². The molecule has 2 unspecified atom stereocenters. The van der Waals surface area contributed by atoms with Gasteiger partial charge in [-0.3, -0.25) is 0 Å². The fraction of sp³-hybridized carbons (Fsp3) is 0.368. The Labute approximate surface area is 123 Å². The molecule has 0 fully saturated rings. The van der Waals surface area contributed by atoms with Crippen LogP contribution in [-0.2, 0) is 6.42 Å². The van der Waals surface area contributed by atoms with Gasteiger partial charge in [0.1, 0.15) is 0 Å². The molecule has 0 saturated heterocycles. The maximum absolute atomic E-state index is 3.69. The van der Waals surface area contributed by atoms with Gasteiger partial charge in [-0.05, 0) is 56.4 Å². The molecule has 0 aromatic heterocycles. The summed E-state index contributed by atoms with van der Waals surface area (Å²) in [6.07, 6.45) is 1.07. The van der Waals surface area contributed by atoms with E-state index in [1.807, 2.05) is 0 Å². The van der Waals surface area contributed by atoms with E-state index < -0.39 is 0 Å². The Morgan fingerprint density at radius 1 is 0.900 bits per heavy atom. The first-order chi connectivity index (χ1) is 9.56. The van der Waals surface area contributed by atoms with Crippen LogP contribution in [0.4, 0.5) is 0 Å². The highest BCUT2D eigenvalue weighted by Gasteiger charge is 2.10. The lowest BCUT2D eigenvalue weighted by Gasteiger charge is -2.21. The molecule has 0 aliphatic heterocycles. The van der Waals surface area contributed by atoms with Crippen LogP contribution < -0.4 is 5.32 Å². The molecule has 0 aliphatic rings. The standard InChI is InChI=1S/C19H25N/c1-14-10-11-19(12-15(14)2)17(4)20-16(3)13-18-8-6-5-7-9-18/h5-12,16-17,20H,13H2,1-4H3. The first kappa shape index (κ1) is 14.8. The van der Waals surface area contributed by atoms with Crippen LogP contribution >= 0.6 is 0 Å². The summed E-state index contributed by atoms with van der Waals surface area (Å²) < 4.78 is 0. The van der Waals surface area contributed by atoms with Crippen LogP contribution in [0.3, 0.4) is 0 Å². The van der Waals surface area contributed by atoms with Gasteiger partial charge in [-0.25, -0.2) is 0 Å². The van der Waals surface area contributed by atoms with E-state index in [0.29, 0.717) is 12.1 Å². The van der Waals surface area contributed by atoms with Crippen molar-refractivity contribution in [3.05, 3.63) is 70.8 Å². The highest BCUT2D eigenvalue weighted by atomic mass is 14.9. The second-order valence-electron chi connectivity index (χ2n) is 5.82. The van der Waals surface area contributed by atoms with Crippen molar-refractivity contribution in [2.75, 3.05) is 0 Å². The van der Waals surface area contributed by atoms with Crippen molar-refractivity contribution in [3.63, 3.8) is 0 Å². The fourth-order valence-corrected chi connectivity index (χ4v) is 2.58. The Kier molecular flexibility index (Phi) is 4.97. The van der Waals surface area contributed by atoms with Crippen molar-refractivity contribution >= 4 is 0 Å². The van der Waals surface area contributed by atoms with Gasteiger partial charge < -0.3 is 5.32 Å². The summed E-state index contributed by atoms with van der Waals surface area (Å²) >= 11 is 0. The molecule has 2 atom stereocenters. The molecule has 0 radical (unpaired) electrons. The zero-order valence-electron chi connectivity index (χ0n) is 13.0. The highest BCUT2D eigenvalue weighted by molar-refractivity contribution is 5.31. The normalized spacial score (nSPS) is 14.0. The molecule has 2 aromatic rings. The maximum Gasteiger partial charge on any atom is 0.0294 e. The van der Waals surface area contributed by atoms with E-state index in [2.05, 4.69) is 81.5 Å². The number of aryl methyl sites for hydroxylation is 2. The molecule has 0 bridgehead atoms. The Morgan fingerprint density at radius 3 is 2.25 bits per heavy atom. The molecule has 20 heavy (non-hydrogen) atoms. The molecule has 0 saturated carbocycles. The third-order valence-corrected chi connectivity index (χ3v) is 3.95. The smallest absolute Gasteiger partial charge is 0.0294 e. The number of benzene rings is 2. The van der Waals surface area contributed by atoms with Gasteiger partial charge in [0.05, 0.1) is 0 Å². The molecule has 2 aromatic carbocycles. The third kappa shape index (κ3) is 3.94. The predicted molar refractivity (Wildman–Crippen MR) is 87.1 cm³/mol. The molecule has 1 N–H and O–H groups in total. The molecule has 0 heterocycles. The van der Waals surface area contributed by atoms with Gasteiger partial charge in [0, 0.05) is 12.1 Å². The predicted octanol–water partition coefficient (Wildman–Crippen LogP) is 4.59. The van der Waals surface area contributed by atoms with Crippen LogP contribution in [0.1, 0.15) is 42.1 Å². The van der Waals surface area contributed by atoms with E-state index in [1.165, 1.54) is 22.3 Å². The quantitative estimate of drug-likeness (QED) is 0.835. The van der Waals surface area contributed by atoms with E-state index in [9.17, 15) is 0 Å². The Bertz CT molecular complexity index is 545. The lowest BCUT2D eigenvalue weighted by molar-refractivity contribution is 0.477. The molecule has 106 valence electrons. The summed E-state index contributed by atoms with van der Waals surface area (Å²) in [6, 6.07) is 18.3. The highest BCUT2D eigenvalue weighted by Crippen LogP contribution is 2.17. The lowest BCUT2D eigenvalue weighted by atomic mass is 10.0. The van der Waals surface area contributed by atoms with Gasteiger partial charge in [0.2, 0.25) is 0 Å². The van der Waals surface area contributed by atoms with Crippen LogP contribution in [0, 0.1) is 13.8 Å². The van der Waals surface area contributed by atoms with Crippen molar-refractivity contribution in [1.29, 1.82) is 0 Å². The van der Waals surface area contributed by atoms with E-state index in [0.717, 1.165) is 6.42 Å². The average molecular weight is 267 g/mol. The summed E-state index contributed by atoms with van der Waals surface area (Å²) in [4.78, 5) is 0. The number of rotatable bonds is 5.